The molecule has 1 rings (SSSR count). The van der Waals surface area contributed by atoms with Crippen LogP contribution in [0.3, 0.4) is 0 Å². The second-order valence-electron chi connectivity index (χ2n) is 4.09. The van der Waals surface area contributed by atoms with Crippen molar-refractivity contribution in [1.29, 1.82) is 0 Å². The predicted molar refractivity (Wildman–Crippen MR) is 65.5 cm³/mol. The first-order chi connectivity index (χ1) is 6.56. The largest absolute Gasteiger partial charge is 0.317 e. The number of hydrogen-bond donors (Lipinski definition) is 1. The molecule has 1 nitrogen and oxygen atoms in total. The second-order valence-corrected chi connectivity index (χ2v) is 5.81. The molecule has 1 aromatic rings. The minimum atomic E-state index is 0.236. The Kier molecular flexibility index (Phi) is 4.42. The van der Waals surface area contributed by atoms with Gasteiger partial charge in [0.05, 0.1) is 4.34 Å². The highest BCUT2D eigenvalue weighted by Gasteiger charge is 2.21. The number of nitrogens with one attached hydrogen (secondary N) is 1. The summed E-state index contributed by atoms with van der Waals surface area (Å²) in [5, 5.41) is 3.35. The van der Waals surface area contributed by atoms with Crippen LogP contribution in [0.2, 0.25) is 4.34 Å². The fraction of sp³-hybridized carbons (Fsp3) is 0.636. The van der Waals surface area contributed by atoms with Crippen LogP contribution in [0.4, 0.5) is 0 Å². The van der Waals surface area contributed by atoms with Crippen molar-refractivity contribution in [1.82, 2.24) is 5.32 Å². The Morgan fingerprint density at radius 3 is 2.64 bits per heavy atom. The molecule has 0 radical (unpaired) electrons. The standard InChI is InChI=1S/C11H18ClNS/c1-4-13-8-7-11(2,3)9-5-6-10(12)14-9/h5-6,13H,4,7-8H2,1-3H3. The van der Waals surface area contributed by atoms with Gasteiger partial charge >= 0.3 is 0 Å². The van der Waals surface area contributed by atoms with Crippen LogP contribution in [0.15, 0.2) is 12.1 Å². The quantitative estimate of drug-likeness (QED) is 0.763. The summed E-state index contributed by atoms with van der Waals surface area (Å²) in [4.78, 5) is 1.38. The summed E-state index contributed by atoms with van der Waals surface area (Å²) in [5.41, 5.74) is 0.236. The number of thiophene rings is 1. The third kappa shape index (κ3) is 3.26. The van der Waals surface area contributed by atoms with E-state index in [-0.39, 0.29) is 5.41 Å². The SMILES string of the molecule is CCNCCC(C)(C)c1ccc(Cl)s1. The first-order valence-electron chi connectivity index (χ1n) is 5.03. The molecular weight excluding hydrogens is 214 g/mol. The highest BCUT2D eigenvalue weighted by Crippen LogP contribution is 2.34. The molecule has 0 aliphatic heterocycles. The minimum Gasteiger partial charge on any atom is -0.317 e. The third-order valence-corrected chi connectivity index (χ3v) is 4.01. The molecule has 0 aliphatic carbocycles. The highest BCUT2D eigenvalue weighted by atomic mass is 35.5. The van der Waals surface area contributed by atoms with E-state index in [4.69, 9.17) is 11.6 Å². The third-order valence-electron chi connectivity index (χ3n) is 2.42. The van der Waals surface area contributed by atoms with Gasteiger partial charge in [-0.05, 0) is 31.6 Å². The topological polar surface area (TPSA) is 12.0 Å². The molecule has 0 saturated carbocycles. The molecule has 0 unspecified atom stereocenters. The molecular formula is C11H18ClNS. The van der Waals surface area contributed by atoms with Gasteiger partial charge in [-0.2, -0.15) is 0 Å². The van der Waals surface area contributed by atoms with Crippen LogP contribution < -0.4 is 5.32 Å². The van der Waals surface area contributed by atoms with Gasteiger partial charge in [-0.3, -0.25) is 0 Å². The predicted octanol–water partition coefficient (Wildman–Crippen LogP) is 3.68. The Hall–Kier alpha value is -0.0500. The maximum atomic E-state index is 5.93. The van der Waals surface area contributed by atoms with Crippen molar-refractivity contribution in [3.8, 4) is 0 Å². The summed E-state index contributed by atoms with van der Waals surface area (Å²) in [7, 11) is 0. The fourth-order valence-corrected chi connectivity index (χ4v) is 2.55. The average molecular weight is 232 g/mol. The molecule has 0 fully saturated rings. The van der Waals surface area contributed by atoms with E-state index in [9.17, 15) is 0 Å². The van der Waals surface area contributed by atoms with Crippen LogP contribution in [0.5, 0.6) is 0 Å². The van der Waals surface area contributed by atoms with Crippen molar-refractivity contribution >= 4 is 22.9 Å². The normalized spacial score (nSPS) is 12.0. The average Bonchev–Trinajstić information content (AvgIpc) is 2.53. The van der Waals surface area contributed by atoms with E-state index in [0.717, 1.165) is 23.8 Å². The molecule has 0 aliphatic rings. The molecule has 1 N–H and O–H groups in total. The van der Waals surface area contributed by atoms with Gasteiger partial charge in [0.15, 0.2) is 0 Å². The van der Waals surface area contributed by atoms with E-state index >= 15 is 0 Å². The summed E-state index contributed by atoms with van der Waals surface area (Å²) in [6, 6.07) is 4.12. The molecule has 0 aromatic carbocycles. The van der Waals surface area contributed by atoms with Gasteiger partial charge in [-0.1, -0.05) is 32.4 Å². The van der Waals surface area contributed by atoms with Crippen LogP contribution in [0.25, 0.3) is 0 Å². The summed E-state index contributed by atoms with van der Waals surface area (Å²) < 4.78 is 0.886. The lowest BCUT2D eigenvalue weighted by molar-refractivity contribution is 0.469. The monoisotopic (exact) mass is 231 g/mol. The zero-order chi connectivity index (χ0) is 10.6. The first kappa shape index (κ1) is 12.0. The Labute approximate surface area is 95.5 Å². The van der Waals surface area contributed by atoms with Crippen LogP contribution >= 0.6 is 22.9 Å². The van der Waals surface area contributed by atoms with Crippen molar-refractivity contribution in [3.05, 3.63) is 21.3 Å². The van der Waals surface area contributed by atoms with Gasteiger partial charge in [-0.15, -0.1) is 11.3 Å². The molecule has 0 amide bonds. The zero-order valence-corrected chi connectivity index (χ0v) is 10.6. The molecule has 14 heavy (non-hydrogen) atoms. The van der Waals surface area contributed by atoms with Gasteiger partial charge < -0.3 is 5.32 Å². The summed E-state index contributed by atoms with van der Waals surface area (Å²) in [6.07, 6.45) is 1.15. The highest BCUT2D eigenvalue weighted by molar-refractivity contribution is 7.16. The smallest absolute Gasteiger partial charge is 0.0931 e. The molecule has 3 heteroatoms. The number of hydrogen-bond acceptors (Lipinski definition) is 2. The molecule has 0 bridgehead atoms. The molecule has 0 atom stereocenters. The Morgan fingerprint density at radius 1 is 1.43 bits per heavy atom. The van der Waals surface area contributed by atoms with E-state index in [0.29, 0.717) is 0 Å². The minimum absolute atomic E-state index is 0.236. The number of rotatable bonds is 5. The summed E-state index contributed by atoms with van der Waals surface area (Å²) >= 11 is 7.62. The van der Waals surface area contributed by atoms with Crippen molar-refractivity contribution in [2.75, 3.05) is 13.1 Å². The maximum Gasteiger partial charge on any atom is 0.0931 e. The van der Waals surface area contributed by atoms with Crippen LogP contribution in [-0.4, -0.2) is 13.1 Å². The van der Waals surface area contributed by atoms with Gasteiger partial charge in [0.2, 0.25) is 0 Å². The van der Waals surface area contributed by atoms with E-state index < -0.39 is 0 Å². The molecule has 0 saturated heterocycles. The maximum absolute atomic E-state index is 5.93. The van der Waals surface area contributed by atoms with Crippen molar-refractivity contribution < 1.29 is 0 Å². The van der Waals surface area contributed by atoms with Crippen molar-refractivity contribution in [3.63, 3.8) is 0 Å². The Bertz CT molecular complexity index is 281. The zero-order valence-electron chi connectivity index (χ0n) is 9.06. The van der Waals surface area contributed by atoms with E-state index in [1.165, 1.54) is 4.88 Å². The van der Waals surface area contributed by atoms with Crippen molar-refractivity contribution in [2.45, 2.75) is 32.6 Å². The van der Waals surface area contributed by atoms with E-state index in [1.807, 2.05) is 6.07 Å². The lowest BCUT2D eigenvalue weighted by Crippen LogP contribution is -2.24. The van der Waals surface area contributed by atoms with E-state index in [1.54, 1.807) is 11.3 Å². The fourth-order valence-electron chi connectivity index (χ4n) is 1.38. The second kappa shape index (κ2) is 5.15. The van der Waals surface area contributed by atoms with Crippen molar-refractivity contribution in [2.24, 2.45) is 0 Å². The lowest BCUT2D eigenvalue weighted by atomic mass is 9.87. The summed E-state index contributed by atoms with van der Waals surface area (Å²) in [5.74, 6) is 0. The van der Waals surface area contributed by atoms with E-state index in [2.05, 4.69) is 32.2 Å². The first-order valence-corrected chi connectivity index (χ1v) is 6.22. The van der Waals surface area contributed by atoms with Gasteiger partial charge in [0.25, 0.3) is 0 Å². The van der Waals surface area contributed by atoms with Crippen LogP contribution in [0.1, 0.15) is 32.1 Å². The number of halogens is 1. The molecule has 1 heterocycles. The molecule has 1 aromatic heterocycles. The van der Waals surface area contributed by atoms with Crippen LogP contribution in [-0.2, 0) is 5.41 Å². The molecule has 80 valence electrons. The van der Waals surface area contributed by atoms with Gasteiger partial charge in [0.1, 0.15) is 0 Å². The molecule has 0 spiro atoms. The van der Waals surface area contributed by atoms with Gasteiger partial charge in [0, 0.05) is 10.3 Å². The summed E-state index contributed by atoms with van der Waals surface area (Å²) in [6.45, 7) is 8.79. The van der Waals surface area contributed by atoms with Crippen LogP contribution in [0, 0.1) is 0 Å². The lowest BCUT2D eigenvalue weighted by Gasteiger charge is -2.23. The van der Waals surface area contributed by atoms with Gasteiger partial charge in [-0.25, -0.2) is 0 Å². The Balaban J connectivity index is 2.56. The Morgan fingerprint density at radius 2 is 2.14 bits per heavy atom.